The average Bonchev–Trinajstić information content (AvgIpc) is 2.57. The Morgan fingerprint density at radius 3 is 2.00 bits per heavy atom. The fraction of sp³-hybridized carbons (Fsp3) is 0.714. The van der Waals surface area contributed by atoms with Crippen molar-refractivity contribution in [3.8, 4) is 5.75 Å². The summed E-state index contributed by atoms with van der Waals surface area (Å²) in [6.45, 7) is 2.39. The Balaban J connectivity index is 0.00000208. The van der Waals surface area contributed by atoms with E-state index in [0.717, 1.165) is 36.2 Å². The van der Waals surface area contributed by atoms with Gasteiger partial charge < -0.3 is 5.11 Å². The standard InChI is InChI=1S/C21H31FO.Cs/c1-15-2-4-16(5-3-15)6-7-17-8-10-18(11-9-17)19-12-13-21(23)20(22)14-19;/h12-18,23H,2-11H2,1H3;/q;+1/p-1. The molecule has 0 radical (unpaired) electrons. The molecule has 0 saturated heterocycles. The van der Waals surface area contributed by atoms with Gasteiger partial charge in [-0.15, -0.1) is 0 Å². The number of hydrogen-bond donors (Lipinski definition) is 0. The monoisotopic (exact) mass is 450 g/mol. The van der Waals surface area contributed by atoms with Crippen molar-refractivity contribution < 1.29 is 78.4 Å². The second-order valence-electron chi connectivity index (χ2n) is 8.11. The molecule has 3 rings (SSSR count). The van der Waals surface area contributed by atoms with Crippen LogP contribution in [-0.4, -0.2) is 0 Å². The summed E-state index contributed by atoms with van der Waals surface area (Å²) in [4.78, 5) is 0. The van der Waals surface area contributed by atoms with Crippen LogP contribution in [0.25, 0.3) is 0 Å². The Morgan fingerprint density at radius 1 is 0.917 bits per heavy atom. The van der Waals surface area contributed by atoms with E-state index < -0.39 is 11.6 Å². The van der Waals surface area contributed by atoms with Crippen molar-refractivity contribution in [2.24, 2.45) is 17.8 Å². The summed E-state index contributed by atoms with van der Waals surface area (Å²) in [6, 6.07) is 4.69. The SMILES string of the molecule is CC1CCC(CCC2CCC(c3ccc([O-])c(F)c3)CC2)CC1.[Cs+]. The number of rotatable bonds is 4. The van der Waals surface area contributed by atoms with Crippen LogP contribution >= 0.6 is 0 Å². The van der Waals surface area contributed by atoms with Crippen molar-refractivity contribution in [1.29, 1.82) is 0 Å². The van der Waals surface area contributed by atoms with Crippen LogP contribution in [0.3, 0.4) is 0 Å². The molecule has 2 aliphatic carbocycles. The molecule has 0 heterocycles. The molecule has 2 aliphatic rings. The molecule has 0 unspecified atom stereocenters. The number of halogens is 1. The zero-order valence-corrected chi connectivity index (χ0v) is 21.7. The summed E-state index contributed by atoms with van der Waals surface area (Å²) in [5.41, 5.74) is 1.03. The predicted molar refractivity (Wildman–Crippen MR) is 90.9 cm³/mol. The van der Waals surface area contributed by atoms with Crippen LogP contribution < -0.4 is 74.0 Å². The van der Waals surface area contributed by atoms with E-state index in [4.69, 9.17) is 0 Å². The topological polar surface area (TPSA) is 23.1 Å². The van der Waals surface area contributed by atoms with Crippen LogP contribution in [0.2, 0.25) is 0 Å². The van der Waals surface area contributed by atoms with Crippen molar-refractivity contribution in [3.63, 3.8) is 0 Å². The summed E-state index contributed by atoms with van der Waals surface area (Å²) >= 11 is 0. The molecule has 0 atom stereocenters. The van der Waals surface area contributed by atoms with E-state index in [1.165, 1.54) is 63.5 Å². The van der Waals surface area contributed by atoms with Gasteiger partial charge in [0.2, 0.25) is 0 Å². The average molecular weight is 450 g/mol. The van der Waals surface area contributed by atoms with E-state index in [0.29, 0.717) is 5.92 Å². The smallest absolute Gasteiger partial charge is 0.870 e. The molecule has 128 valence electrons. The van der Waals surface area contributed by atoms with Gasteiger partial charge >= 0.3 is 68.9 Å². The third-order valence-electron chi connectivity index (χ3n) is 6.39. The fourth-order valence-corrected chi connectivity index (χ4v) is 4.64. The van der Waals surface area contributed by atoms with E-state index >= 15 is 0 Å². The Bertz CT molecular complexity index is 503. The summed E-state index contributed by atoms with van der Waals surface area (Å²) in [5, 5.41) is 11.2. The van der Waals surface area contributed by atoms with Gasteiger partial charge in [-0.25, -0.2) is 4.39 Å². The van der Waals surface area contributed by atoms with Gasteiger partial charge in [-0.3, -0.25) is 0 Å². The van der Waals surface area contributed by atoms with E-state index in [2.05, 4.69) is 6.92 Å². The molecule has 2 fully saturated rings. The number of hydrogen-bond acceptors (Lipinski definition) is 1. The van der Waals surface area contributed by atoms with Gasteiger partial charge in [-0.2, -0.15) is 0 Å². The Labute approximate surface area is 205 Å². The summed E-state index contributed by atoms with van der Waals surface area (Å²) in [5.74, 6) is 2.18. The molecule has 1 nitrogen and oxygen atoms in total. The first-order chi connectivity index (χ1) is 11.1. The van der Waals surface area contributed by atoms with Crippen LogP contribution in [0.4, 0.5) is 4.39 Å². The second-order valence-corrected chi connectivity index (χ2v) is 8.11. The van der Waals surface area contributed by atoms with Crippen molar-refractivity contribution in [2.75, 3.05) is 0 Å². The Hall–Kier alpha value is 1.00. The van der Waals surface area contributed by atoms with E-state index in [1.807, 2.05) is 6.07 Å². The van der Waals surface area contributed by atoms with Gasteiger partial charge in [-0.05, 0) is 61.0 Å². The van der Waals surface area contributed by atoms with Crippen molar-refractivity contribution in [2.45, 2.75) is 77.0 Å². The van der Waals surface area contributed by atoms with Crippen LogP contribution in [0.1, 0.15) is 82.6 Å². The van der Waals surface area contributed by atoms with Gasteiger partial charge in [0, 0.05) is 0 Å². The maximum Gasteiger partial charge on any atom is 1.00 e. The van der Waals surface area contributed by atoms with E-state index in [9.17, 15) is 9.50 Å². The molecule has 1 aromatic rings. The zero-order chi connectivity index (χ0) is 16.2. The van der Waals surface area contributed by atoms with Crippen LogP contribution in [0, 0.1) is 23.6 Å². The molecule has 2 saturated carbocycles. The second kappa shape index (κ2) is 10.4. The number of benzene rings is 1. The summed E-state index contributed by atoms with van der Waals surface area (Å²) in [6.07, 6.45) is 13.4. The normalized spacial score (nSPS) is 30.6. The summed E-state index contributed by atoms with van der Waals surface area (Å²) < 4.78 is 13.5. The molecule has 3 heteroatoms. The maximum absolute atomic E-state index is 13.5. The van der Waals surface area contributed by atoms with E-state index in [1.54, 1.807) is 0 Å². The minimum atomic E-state index is -0.587. The minimum Gasteiger partial charge on any atom is -0.870 e. The van der Waals surface area contributed by atoms with Crippen LogP contribution in [-0.2, 0) is 0 Å². The molecule has 24 heavy (non-hydrogen) atoms. The van der Waals surface area contributed by atoms with Crippen molar-refractivity contribution in [1.82, 2.24) is 0 Å². The molecule has 0 amide bonds. The maximum atomic E-state index is 13.5. The predicted octanol–water partition coefficient (Wildman–Crippen LogP) is 2.78. The zero-order valence-electron chi connectivity index (χ0n) is 15.4. The van der Waals surface area contributed by atoms with Gasteiger partial charge in [0.05, 0.1) is 0 Å². The molecule has 0 N–H and O–H groups in total. The van der Waals surface area contributed by atoms with Gasteiger partial charge in [0.15, 0.2) is 0 Å². The minimum absolute atomic E-state index is 0. The van der Waals surface area contributed by atoms with Gasteiger partial charge in [-0.1, -0.05) is 63.3 Å². The third kappa shape index (κ3) is 6.02. The molecule has 0 spiro atoms. The quantitative estimate of drug-likeness (QED) is 0.692. The van der Waals surface area contributed by atoms with Crippen molar-refractivity contribution >= 4 is 0 Å². The fourth-order valence-electron chi connectivity index (χ4n) is 4.64. The largest absolute Gasteiger partial charge is 1.00 e. The Morgan fingerprint density at radius 2 is 1.46 bits per heavy atom. The van der Waals surface area contributed by atoms with Crippen molar-refractivity contribution in [3.05, 3.63) is 29.6 Å². The molecular weight excluding hydrogens is 420 g/mol. The first-order valence-corrected chi connectivity index (χ1v) is 9.58. The summed E-state index contributed by atoms with van der Waals surface area (Å²) in [7, 11) is 0. The molecular formula is C21H30CsFO. The first-order valence-electron chi connectivity index (χ1n) is 9.58. The Kier molecular flexibility index (Phi) is 9.20. The van der Waals surface area contributed by atoms with Gasteiger partial charge in [0.25, 0.3) is 0 Å². The third-order valence-corrected chi connectivity index (χ3v) is 6.39. The molecule has 0 aromatic heterocycles. The molecule has 0 bridgehead atoms. The van der Waals surface area contributed by atoms with Crippen LogP contribution in [0.5, 0.6) is 5.75 Å². The molecule has 0 aliphatic heterocycles. The molecule has 1 aromatic carbocycles. The van der Waals surface area contributed by atoms with E-state index in [-0.39, 0.29) is 68.9 Å². The first kappa shape index (κ1) is 21.3. The van der Waals surface area contributed by atoms with Gasteiger partial charge in [0.1, 0.15) is 5.82 Å². The van der Waals surface area contributed by atoms with Crippen LogP contribution in [0.15, 0.2) is 18.2 Å².